The Kier molecular flexibility index (Phi) is 4.70. The van der Waals surface area contributed by atoms with E-state index in [0.717, 1.165) is 25.2 Å². The predicted octanol–water partition coefficient (Wildman–Crippen LogP) is 3.87. The molecule has 0 fully saturated rings. The molecule has 21 heavy (non-hydrogen) atoms. The number of aromatic nitrogens is 3. The molecule has 3 heterocycles. The lowest BCUT2D eigenvalue weighted by atomic mass is 10.1. The number of hydrogen-bond acceptors (Lipinski definition) is 4. The lowest BCUT2D eigenvalue weighted by Gasteiger charge is -2.21. The first-order valence-electron chi connectivity index (χ1n) is 8.01. The monoisotopic (exact) mass is 304 g/mol. The predicted molar refractivity (Wildman–Crippen MR) is 86.5 cm³/mol. The third-order valence-electron chi connectivity index (χ3n) is 4.27. The minimum Gasteiger partial charge on any atom is -0.314 e. The minimum atomic E-state index is 0.233. The average Bonchev–Trinajstić information content (AvgIpc) is 3.10. The highest BCUT2D eigenvalue weighted by Gasteiger charge is 2.21. The molecule has 0 radical (unpaired) electrons. The zero-order chi connectivity index (χ0) is 14.7. The quantitative estimate of drug-likeness (QED) is 0.912. The molecule has 1 aliphatic heterocycles. The molecule has 114 valence electrons. The van der Waals surface area contributed by atoms with Gasteiger partial charge >= 0.3 is 0 Å². The molecular weight excluding hydrogens is 280 g/mol. The largest absolute Gasteiger partial charge is 0.314 e. The molecule has 0 saturated carbocycles. The van der Waals surface area contributed by atoms with Gasteiger partial charge < -0.3 is 4.57 Å². The standard InChI is InChI=1S/C16H24N4S/c1-3-13(14-8-7-11-21-14)17-12(2)16-19-18-15-9-5-4-6-10-20(15)16/h7-8,11-13,17H,3-6,9-10H2,1-2H3. The van der Waals surface area contributed by atoms with Crippen molar-refractivity contribution in [1.29, 1.82) is 0 Å². The van der Waals surface area contributed by atoms with E-state index >= 15 is 0 Å². The molecule has 0 aromatic carbocycles. The molecule has 1 N–H and O–H groups in total. The molecule has 1 aliphatic rings. The summed E-state index contributed by atoms with van der Waals surface area (Å²) in [4.78, 5) is 1.40. The lowest BCUT2D eigenvalue weighted by Crippen LogP contribution is -2.26. The van der Waals surface area contributed by atoms with Crippen LogP contribution in [0.1, 0.15) is 68.1 Å². The number of rotatable bonds is 5. The van der Waals surface area contributed by atoms with Crippen molar-refractivity contribution >= 4 is 11.3 Å². The van der Waals surface area contributed by atoms with Crippen LogP contribution < -0.4 is 5.32 Å². The summed E-state index contributed by atoms with van der Waals surface area (Å²) in [6, 6.07) is 4.97. The zero-order valence-corrected chi connectivity index (χ0v) is 13.7. The van der Waals surface area contributed by atoms with Gasteiger partial charge in [0.25, 0.3) is 0 Å². The maximum atomic E-state index is 4.46. The highest BCUT2D eigenvalue weighted by atomic mass is 32.1. The van der Waals surface area contributed by atoms with Gasteiger partial charge in [0.05, 0.1) is 6.04 Å². The van der Waals surface area contributed by atoms with E-state index in [1.54, 1.807) is 0 Å². The normalized spacial score (nSPS) is 18.0. The van der Waals surface area contributed by atoms with Gasteiger partial charge in [0.2, 0.25) is 0 Å². The van der Waals surface area contributed by atoms with Gasteiger partial charge in [0.1, 0.15) is 11.6 Å². The molecule has 0 aliphatic carbocycles. The van der Waals surface area contributed by atoms with Gasteiger partial charge in [-0.25, -0.2) is 0 Å². The van der Waals surface area contributed by atoms with Crippen LogP contribution >= 0.6 is 11.3 Å². The molecule has 2 atom stereocenters. The molecule has 2 aromatic heterocycles. The second-order valence-corrected chi connectivity index (χ2v) is 6.78. The number of nitrogens with zero attached hydrogens (tertiary/aromatic N) is 3. The van der Waals surface area contributed by atoms with Gasteiger partial charge in [-0.05, 0) is 37.6 Å². The Labute approximate surface area is 130 Å². The van der Waals surface area contributed by atoms with Crippen LogP contribution in [-0.4, -0.2) is 14.8 Å². The Hall–Kier alpha value is -1.20. The summed E-state index contributed by atoms with van der Waals surface area (Å²) in [5, 5.41) is 14.7. The van der Waals surface area contributed by atoms with E-state index in [1.165, 1.54) is 30.0 Å². The van der Waals surface area contributed by atoms with Crippen LogP contribution in [0.3, 0.4) is 0 Å². The topological polar surface area (TPSA) is 42.7 Å². The number of thiophene rings is 1. The summed E-state index contributed by atoms with van der Waals surface area (Å²) >= 11 is 1.82. The highest BCUT2D eigenvalue weighted by molar-refractivity contribution is 7.10. The van der Waals surface area contributed by atoms with E-state index in [1.807, 2.05) is 11.3 Å². The third-order valence-corrected chi connectivity index (χ3v) is 5.26. The molecule has 0 spiro atoms. The van der Waals surface area contributed by atoms with Crippen molar-refractivity contribution < 1.29 is 0 Å². The summed E-state index contributed by atoms with van der Waals surface area (Å²) in [5.41, 5.74) is 0. The summed E-state index contributed by atoms with van der Waals surface area (Å²) in [6.45, 7) is 5.51. The van der Waals surface area contributed by atoms with Crippen molar-refractivity contribution in [3.8, 4) is 0 Å². The Morgan fingerprint density at radius 1 is 1.33 bits per heavy atom. The van der Waals surface area contributed by atoms with E-state index in [9.17, 15) is 0 Å². The summed E-state index contributed by atoms with van der Waals surface area (Å²) in [5.74, 6) is 2.27. The fourth-order valence-electron chi connectivity index (χ4n) is 3.09. The number of hydrogen-bond donors (Lipinski definition) is 1. The zero-order valence-electron chi connectivity index (χ0n) is 12.9. The molecule has 2 unspecified atom stereocenters. The van der Waals surface area contributed by atoms with Gasteiger partial charge in [-0.2, -0.15) is 0 Å². The van der Waals surface area contributed by atoms with Crippen molar-refractivity contribution in [2.75, 3.05) is 0 Å². The first kappa shape index (κ1) is 14.7. The van der Waals surface area contributed by atoms with Gasteiger partial charge in [-0.1, -0.05) is 19.4 Å². The van der Waals surface area contributed by atoms with Gasteiger partial charge in [0.15, 0.2) is 0 Å². The second-order valence-electron chi connectivity index (χ2n) is 5.80. The molecule has 3 rings (SSSR count). The van der Waals surface area contributed by atoms with E-state index in [-0.39, 0.29) is 6.04 Å². The lowest BCUT2D eigenvalue weighted by molar-refractivity contribution is 0.430. The number of aryl methyl sites for hydroxylation is 1. The molecule has 0 bridgehead atoms. The highest BCUT2D eigenvalue weighted by Crippen LogP contribution is 2.26. The number of nitrogens with one attached hydrogen (secondary N) is 1. The Balaban J connectivity index is 1.76. The molecular formula is C16H24N4S. The van der Waals surface area contributed by atoms with Crippen molar-refractivity contribution in [1.82, 2.24) is 20.1 Å². The fourth-order valence-corrected chi connectivity index (χ4v) is 3.97. The molecule has 4 nitrogen and oxygen atoms in total. The summed E-state index contributed by atoms with van der Waals surface area (Å²) in [7, 11) is 0. The van der Waals surface area contributed by atoms with E-state index < -0.39 is 0 Å². The fraction of sp³-hybridized carbons (Fsp3) is 0.625. The van der Waals surface area contributed by atoms with Crippen LogP contribution in [0.4, 0.5) is 0 Å². The summed E-state index contributed by atoms with van der Waals surface area (Å²) < 4.78 is 2.34. The number of fused-ring (bicyclic) bond motifs is 1. The molecule has 0 saturated heterocycles. The van der Waals surface area contributed by atoms with Gasteiger partial charge in [0, 0.05) is 23.9 Å². The van der Waals surface area contributed by atoms with E-state index in [0.29, 0.717) is 6.04 Å². The van der Waals surface area contributed by atoms with Crippen LogP contribution in [0, 0.1) is 0 Å². The maximum absolute atomic E-state index is 4.46. The van der Waals surface area contributed by atoms with Crippen molar-refractivity contribution in [2.45, 2.75) is 64.6 Å². The van der Waals surface area contributed by atoms with Crippen LogP contribution in [0.25, 0.3) is 0 Å². The average molecular weight is 304 g/mol. The Morgan fingerprint density at radius 3 is 3.00 bits per heavy atom. The minimum absolute atomic E-state index is 0.233. The van der Waals surface area contributed by atoms with E-state index in [2.05, 4.69) is 51.4 Å². The Morgan fingerprint density at radius 2 is 2.24 bits per heavy atom. The van der Waals surface area contributed by atoms with Crippen LogP contribution in [0.5, 0.6) is 0 Å². The molecule has 2 aromatic rings. The van der Waals surface area contributed by atoms with Gasteiger partial charge in [-0.3, -0.25) is 5.32 Å². The third kappa shape index (κ3) is 3.19. The van der Waals surface area contributed by atoms with Crippen LogP contribution in [0.15, 0.2) is 17.5 Å². The summed E-state index contributed by atoms with van der Waals surface area (Å²) in [6.07, 6.45) is 5.95. The van der Waals surface area contributed by atoms with Gasteiger partial charge in [-0.15, -0.1) is 21.5 Å². The first-order chi connectivity index (χ1) is 10.3. The maximum Gasteiger partial charge on any atom is 0.149 e. The molecule has 0 amide bonds. The molecule has 5 heteroatoms. The van der Waals surface area contributed by atoms with Crippen molar-refractivity contribution in [2.24, 2.45) is 0 Å². The van der Waals surface area contributed by atoms with E-state index in [4.69, 9.17) is 0 Å². The van der Waals surface area contributed by atoms with Crippen LogP contribution in [0.2, 0.25) is 0 Å². The Bertz CT molecular complexity index is 561. The second kappa shape index (κ2) is 6.71. The van der Waals surface area contributed by atoms with Crippen molar-refractivity contribution in [3.63, 3.8) is 0 Å². The van der Waals surface area contributed by atoms with Crippen LogP contribution in [-0.2, 0) is 13.0 Å². The van der Waals surface area contributed by atoms with Crippen molar-refractivity contribution in [3.05, 3.63) is 34.0 Å². The smallest absolute Gasteiger partial charge is 0.149 e. The first-order valence-corrected chi connectivity index (χ1v) is 8.89. The SMILES string of the molecule is CCC(NC(C)c1nnc2n1CCCCC2)c1cccs1.